The van der Waals surface area contributed by atoms with Crippen molar-refractivity contribution >= 4 is 0 Å². The molecule has 19 heavy (non-hydrogen) atoms. The maximum atomic E-state index is 12.6. The van der Waals surface area contributed by atoms with E-state index in [0.717, 1.165) is 37.8 Å². The Morgan fingerprint density at radius 3 is 2.26 bits per heavy atom. The average Bonchev–Trinajstić information content (AvgIpc) is 2.53. The average molecular weight is 272 g/mol. The van der Waals surface area contributed by atoms with Crippen LogP contribution in [0.5, 0.6) is 0 Å². The van der Waals surface area contributed by atoms with Crippen molar-refractivity contribution in [3.8, 4) is 0 Å². The van der Waals surface area contributed by atoms with Crippen molar-refractivity contribution in [1.82, 2.24) is 0 Å². The number of aliphatic hydroxyl groups is 1. The van der Waals surface area contributed by atoms with Crippen LogP contribution in [0.4, 0.5) is 13.2 Å². The Labute approximate surface area is 111 Å². The smallest absolute Gasteiger partial charge is 0.390 e. The molecule has 1 aromatic rings. The largest absolute Gasteiger partial charge is 0.416 e. The molecular formula is C15H19F3O. The van der Waals surface area contributed by atoms with Crippen LogP contribution < -0.4 is 0 Å². The standard InChI is InChI=1S/C15H19F3O/c16-15(17,18)13-7-5-6-12(10-13)11-14(19)8-3-1-2-4-9-14/h5-7,10,19H,1-4,8-9,11H2. The monoisotopic (exact) mass is 272 g/mol. The topological polar surface area (TPSA) is 20.2 Å². The van der Waals surface area contributed by atoms with Crippen molar-refractivity contribution in [1.29, 1.82) is 0 Å². The molecule has 0 aromatic heterocycles. The van der Waals surface area contributed by atoms with E-state index in [-0.39, 0.29) is 0 Å². The Morgan fingerprint density at radius 1 is 1.05 bits per heavy atom. The lowest BCUT2D eigenvalue weighted by molar-refractivity contribution is -0.137. The number of hydrogen-bond donors (Lipinski definition) is 1. The molecule has 0 spiro atoms. The van der Waals surface area contributed by atoms with Crippen LogP contribution in [0.15, 0.2) is 24.3 Å². The van der Waals surface area contributed by atoms with Gasteiger partial charge in [-0.15, -0.1) is 0 Å². The first kappa shape index (κ1) is 14.4. The van der Waals surface area contributed by atoms with Crippen LogP contribution in [-0.2, 0) is 12.6 Å². The Bertz CT molecular complexity index is 418. The highest BCUT2D eigenvalue weighted by Crippen LogP contribution is 2.33. The summed E-state index contributed by atoms with van der Waals surface area (Å²) in [6.07, 6.45) is 1.48. The van der Waals surface area contributed by atoms with Crippen LogP contribution in [0.2, 0.25) is 0 Å². The van der Waals surface area contributed by atoms with Gasteiger partial charge < -0.3 is 5.11 Å². The fourth-order valence-electron chi connectivity index (χ4n) is 2.80. The van der Waals surface area contributed by atoms with Gasteiger partial charge in [0.2, 0.25) is 0 Å². The van der Waals surface area contributed by atoms with Gasteiger partial charge in [0.25, 0.3) is 0 Å². The number of alkyl halides is 3. The SMILES string of the molecule is OC1(Cc2cccc(C(F)(F)F)c2)CCCCCC1. The van der Waals surface area contributed by atoms with E-state index in [9.17, 15) is 18.3 Å². The summed E-state index contributed by atoms with van der Waals surface area (Å²) >= 11 is 0. The molecule has 4 heteroatoms. The van der Waals surface area contributed by atoms with E-state index in [1.54, 1.807) is 6.07 Å². The highest BCUT2D eigenvalue weighted by molar-refractivity contribution is 5.26. The first-order valence-electron chi connectivity index (χ1n) is 6.78. The second kappa shape index (κ2) is 5.53. The van der Waals surface area contributed by atoms with Gasteiger partial charge in [0, 0.05) is 6.42 Å². The van der Waals surface area contributed by atoms with Gasteiger partial charge in [-0.3, -0.25) is 0 Å². The summed E-state index contributed by atoms with van der Waals surface area (Å²) in [5.74, 6) is 0. The van der Waals surface area contributed by atoms with Crippen molar-refractivity contribution in [2.75, 3.05) is 0 Å². The normalized spacial score (nSPS) is 20.0. The highest BCUT2D eigenvalue weighted by Gasteiger charge is 2.32. The van der Waals surface area contributed by atoms with E-state index in [1.165, 1.54) is 6.07 Å². The first-order valence-corrected chi connectivity index (χ1v) is 6.78. The minimum absolute atomic E-state index is 0.316. The fourth-order valence-corrected chi connectivity index (χ4v) is 2.80. The van der Waals surface area contributed by atoms with Crippen LogP contribution in [0, 0.1) is 0 Å². The molecule has 0 saturated heterocycles. The van der Waals surface area contributed by atoms with Gasteiger partial charge in [-0.2, -0.15) is 13.2 Å². The maximum Gasteiger partial charge on any atom is 0.416 e. The molecule has 1 saturated carbocycles. The summed E-state index contributed by atoms with van der Waals surface area (Å²) < 4.78 is 37.9. The molecule has 106 valence electrons. The summed E-state index contributed by atoms with van der Waals surface area (Å²) in [5, 5.41) is 10.5. The fraction of sp³-hybridized carbons (Fsp3) is 0.600. The number of halogens is 3. The Kier molecular flexibility index (Phi) is 4.19. The third kappa shape index (κ3) is 3.96. The molecule has 1 nitrogen and oxygen atoms in total. The summed E-state index contributed by atoms with van der Waals surface area (Å²) in [7, 11) is 0. The van der Waals surface area contributed by atoms with Gasteiger partial charge in [0.15, 0.2) is 0 Å². The first-order chi connectivity index (χ1) is 8.89. The molecule has 0 amide bonds. The van der Waals surface area contributed by atoms with Gasteiger partial charge in [0.05, 0.1) is 11.2 Å². The molecule has 0 unspecified atom stereocenters. The molecule has 0 bridgehead atoms. The molecule has 1 N–H and O–H groups in total. The molecule has 1 aliphatic rings. The third-order valence-corrected chi connectivity index (χ3v) is 3.82. The summed E-state index contributed by atoms with van der Waals surface area (Å²) in [4.78, 5) is 0. The molecular weight excluding hydrogens is 253 g/mol. The zero-order chi connectivity index (χ0) is 13.9. The van der Waals surface area contributed by atoms with E-state index in [1.807, 2.05) is 0 Å². The summed E-state index contributed by atoms with van der Waals surface area (Å²) in [6.45, 7) is 0. The van der Waals surface area contributed by atoms with Crippen molar-refractivity contribution in [3.63, 3.8) is 0 Å². The lowest BCUT2D eigenvalue weighted by Gasteiger charge is -2.27. The lowest BCUT2D eigenvalue weighted by Crippen LogP contribution is -2.30. The summed E-state index contributed by atoms with van der Waals surface area (Å²) in [5.41, 5.74) is -0.901. The van der Waals surface area contributed by atoms with Gasteiger partial charge in [0.1, 0.15) is 0 Å². The Hall–Kier alpha value is -1.03. The lowest BCUT2D eigenvalue weighted by atomic mass is 9.87. The second-order valence-electron chi connectivity index (χ2n) is 5.51. The van der Waals surface area contributed by atoms with Crippen LogP contribution in [0.25, 0.3) is 0 Å². The van der Waals surface area contributed by atoms with Crippen LogP contribution in [0.3, 0.4) is 0 Å². The van der Waals surface area contributed by atoms with E-state index in [0.29, 0.717) is 24.8 Å². The molecule has 0 heterocycles. The molecule has 0 atom stereocenters. The molecule has 0 radical (unpaired) electrons. The molecule has 2 rings (SSSR count). The number of hydrogen-bond acceptors (Lipinski definition) is 1. The van der Waals surface area contributed by atoms with E-state index in [4.69, 9.17) is 0 Å². The number of rotatable bonds is 2. The second-order valence-corrected chi connectivity index (χ2v) is 5.51. The van der Waals surface area contributed by atoms with Gasteiger partial charge in [-0.1, -0.05) is 43.9 Å². The van der Waals surface area contributed by atoms with Gasteiger partial charge in [-0.25, -0.2) is 0 Å². The van der Waals surface area contributed by atoms with Gasteiger partial charge >= 0.3 is 6.18 Å². The molecule has 1 aromatic carbocycles. The Balaban J connectivity index is 2.14. The molecule has 1 fully saturated rings. The highest BCUT2D eigenvalue weighted by atomic mass is 19.4. The van der Waals surface area contributed by atoms with Crippen molar-refractivity contribution < 1.29 is 18.3 Å². The van der Waals surface area contributed by atoms with E-state index < -0.39 is 17.3 Å². The molecule has 0 aliphatic heterocycles. The van der Waals surface area contributed by atoms with E-state index in [2.05, 4.69) is 0 Å². The van der Waals surface area contributed by atoms with Crippen LogP contribution in [0.1, 0.15) is 49.7 Å². The Morgan fingerprint density at radius 2 is 1.68 bits per heavy atom. The van der Waals surface area contributed by atoms with Crippen LogP contribution in [-0.4, -0.2) is 10.7 Å². The maximum absolute atomic E-state index is 12.6. The predicted octanol–water partition coefficient (Wildman–Crippen LogP) is 4.33. The van der Waals surface area contributed by atoms with Crippen molar-refractivity contribution in [2.45, 2.75) is 56.7 Å². The minimum atomic E-state index is -4.32. The zero-order valence-electron chi connectivity index (χ0n) is 10.8. The van der Waals surface area contributed by atoms with Crippen LogP contribution >= 0.6 is 0 Å². The predicted molar refractivity (Wildman–Crippen MR) is 67.8 cm³/mol. The van der Waals surface area contributed by atoms with Crippen molar-refractivity contribution in [3.05, 3.63) is 35.4 Å². The third-order valence-electron chi connectivity index (χ3n) is 3.82. The summed E-state index contributed by atoms with van der Waals surface area (Å²) in [6, 6.07) is 5.31. The zero-order valence-corrected chi connectivity index (χ0v) is 10.8. The number of benzene rings is 1. The van der Waals surface area contributed by atoms with Gasteiger partial charge in [-0.05, 0) is 24.5 Å². The van der Waals surface area contributed by atoms with Crippen molar-refractivity contribution in [2.24, 2.45) is 0 Å². The van der Waals surface area contributed by atoms with E-state index >= 15 is 0 Å². The quantitative estimate of drug-likeness (QED) is 0.794. The molecule has 1 aliphatic carbocycles. The minimum Gasteiger partial charge on any atom is -0.390 e.